The Hall–Kier alpha value is -1.65. The van der Waals surface area contributed by atoms with Crippen LogP contribution < -0.4 is 10.8 Å². The number of esters is 1. The van der Waals surface area contributed by atoms with E-state index in [1.165, 1.54) is 89.8 Å². The molecule has 0 saturated carbocycles. The molecule has 0 radical (unpaired) electrons. The van der Waals surface area contributed by atoms with E-state index in [1.807, 2.05) is 32.3 Å². The molecule has 0 saturated heterocycles. The minimum Gasteiger partial charge on any atom is -0.462 e. The molecule has 0 bridgehead atoms. The average Bonchev–Trinajstić information content (AvgIpc) is 3.43. The highest BCUT2D eigenvalue weighted by atomic mass is 32.4. The third-order valence-corrected chi connectivity index (χ3v) is 11.7. The maximum absolute atomic E-state index is 12.6. The van der Waals surface area contributed by atoms with Gasteiger partial charge in [0.15, 0.2) is 11.5 Å². The van der Waals surface area contributed by atoms with Crippen LogP contribution in [0, 0.1) is 0 Å². The normalized spacial score (nSPS) is 14.5. The van der Waals surface area contributed by atoms with E-state index < -0.39 is 12.2 Å². The Labute approximate surface area is 283 Å². The number of nitrogens with zero attached hydrogens (tertiary/aromatic N) is 4. The molecule has 0 aromatic carbocycles. The molecule has 2 heterocycles. The first kappa shape index (κ1) is 40.5. The Morgan fingerprint density at radius 1 is 0.891 bits per heavy atom. The van der Waals surface area contributed by atoms with Crippen LogP contribution in [-0.2, 0) is 37.4 Å². The highest BCUT2D eigenvalue weighted by Gasteiger charge is 2.26. The maximum atomic E-state index is 12.6. The van der Waals surface area contributed by atoms with E-state index in [1.54, 1.807) is 6.33 Å². The van der Waals surface area contributed by atoms with Gasteiger partial charge in [0.25, 0.3) is 0 Å². The Morgan fingerprint density at radius 2 is 1.48 bits per heavy atom. The summed E-state index contributed by atoms with van der Waals surface area (Å²) in [5.74, 6) is 0.0549. The number of carbonyl (C=O) groups excluding carboxylic acids is 1. The lowest BCUT2D eigenvalue weighted by molar-refractivity contribution is -0.148. The molecule has 12 heteroatoms. The first-order valence-electron chi connectivity index (χ1n) is 17.8. The Kier molecular flexibility index (Phi) is 20.8. The topological polar surface area (TPSA) is 126 Å². The maximum Gasteiger partial charge on any atom is 0.323 e. The van der Waals surface area contributed by atoms with Crippen LogP contribution in [-0.4, -0.2) is 69.5 Å². The molecule has 10 nitrogen and oxygen atoms in total. The van der Waals surface area contributed by atoms with Crippen LogP contribution in [0.25, 0.3) is 11.2 Å². The highest BCUT2D eigenvalue weighted by molar-refractivity contribution is 8.13. The zero-order valence-corrected chi connectivity index (χ0v) is 31.1. The monoisotopic (exact) mass is 682 g/mol. The molecule has 0 aliphatic rings. The number of nitrogens with one attached hydrogen (secondary N) is 1. The van der Waals surface area contributed by atoms with Gasteiger partial charge < -0.3 is 24.5 Å². The quantitative estimate of drug-likeness (QED) is 0.0518. The van der Waals surface area contributed by atoms with Gasteiger partial charge in [0.05, 0.1) is 31.4 Å². The molecular formula is C34H63N6O4PS. The predicted molar refractivity (Wildman–Crippen MR) is 194 cm³/mol. The zero-order valence-electron chi connectivity index (χ0n) is 29.4. The van der Waals surface area contributed by atoms with Crippen LogP contribution in [0.1, 0.15) is 131 Å². The number of imidazole rings is 1. The van der Waals surface area contributed by atoms with Gasteiger partial charge in [0, 0.05) is 19.4 Å². The number of unbranched alkanes of at least 4 members (excludes halogenated alkanes) is 13. The standard InChI is InChI=1S/C34H63N6O4PS/c1-6-7-8-9-10-11-12-13-14-15-16-17-18-19-21-42-22-20-23-45(46,39-30(5)34(41)44-28(2)3)27-43-29(4)24-40-26-38-31-32(35)36-25-37-33(31)40/h25-26,28-30H,6-24,27H2,1-5H3,(H,39,46)(H2,35,36,37)/t29-,30+,45?/m1/s1. The van der Waals surface area contributed by atoms with E-state index >= 15 is 0 Å². The van der Waals surface area contributed by atoms with Gasteiger partial charge in [-0.1, -0.05) is 102 Å². The summed E-state index contributed by atoms with van der Waals surface area (Å²) in [4.78, 5) is 25.2. The van der Waals surface area contributed by atoms with Crippen LogP contribution in [0.2, 0.25) is 0 Å². The summed E-state index contributed by atoms with van der Waals surface area (Å²) in [5.41, 5.74) is 7.18. The van der Waals surface area contributed by atoms with Gasteiger partial charge in [-0.05, 0) is 46.7 Å². The molecule has 0 aliphatic carbocycles. The summed E-state index contributed by atoms with van der Waals surface area (Å²) in [5, 5.41) is 3.42. The summed E-state index contributed by atoms with van der Waals surface area (Å²) in [6.45, 7) is 11.7. The molecule has 0 spiro atoms. The van der Waals surface area contributed by atoms with Crippen LogP contribution in [0.3, 0.4) is 0 Å². The second-order valence-corrected chi connectivity index (χ2v) is 17.8. The number of fused-ring (bicyclic) bond motifs is 1. The molecule has 264 valence electrons. The van der Waals surface area contributed by atoms with E-state index in [9.17, 15) is 4.79 Å². The van der Waals surface area contributed by atoms with Crippen molar-refractivity contribution >= 4 is 40.9 Å². The molecule has 2 aromatic rings. The number of nitrogens with two attached hydrogens (primary N) is 1. The average molecular weight is 683 g/mol. The SMILES string of the molecule is CCCCCCCCCCCCCCCCOCCCP(=S)(CO[C@H](C)Cn1cnc2c(N)ncnc21)N[C@@H](C)C(=O)OC(C)C. The minimum absolute atomic E-state index is 0.160. The van der Waals surface area contributed by atoms with E-state index in [0.29, 0.717) is 36.5 Å². The largest absolute Gasteiger partial charge is 0.462 e. The van der Waals surface area contributed by atoms with Crippen LogP contribution in [0.5, 0.6) is 0 Å². The molecule has 46 heavy (non-hydrogen) atoms. The Balaban J connectivity index is 1.67. The second-order valence-electron chi connectivity index (χ2n) is 12.9. The van der Waals surface area contributed by atoms with Gasteiger partial charge in [-0.3, -0.25) is 9.88 Å². The van der Waals surface area contributed by atoms with E-state index in [4.69, 9.17) is 31.8 Å². The van der Waals surface area contributed by atoms with Crippen LogP contribution >= 0.6 is 6.19 Å². The lowest BCUT2D eigenvalue weighted by Gasteiger charge is -2.28. The predicted octanol–water partition coefficient (Wildman–Crippen LogP) is 7.98. The van der Waals surface area contributed by atoms with E-state index in [2.05, 4.69) is 27.0 Å². The van der Waals surface area contributed by atoms with Crippen molar-refractivity contribution in [3.8, 4) is 0 Å². The van der Waals surface area contributed by atoms with Crippen LogP contribution in [0.15, 0.2) is 12.7 Å². The van der Waals surface area contributed by atoms with Crippen molar-refractivity contribution in [2.24, 2.45) is 0 Å². The number of anilines is 1. The van der Waals surface area contributed by atoms with E-state index in [0.717, 1.165) is 25.6 Å². The number of nitrogen functional groups attached to an aromatic ring is 1. The molecule has 0 amide bonds. The van der Waals surface area contributed by atoms with Crippen molar-refractivity contribution in [2.45, 2.75) is 156 Å². The van der Waals surface area contributed by atoms with Crippen molar-refractivity contribution in [1.82, 2.24) is 24.6 Å². The van der Waals surface area contributed by atoms with Crippen molar-refractivity contribution in [3.63, 3.8) is 0 Å². The summed E-state index contributed by atoms with van der Waals surface area (Å²) < 4.78 is 19.6. The molecule has 3 atom stereocenters. The van der Waals surface area contributed by atoms with Gasteiger partial charge in [-0.25, -0.2) is 15.0 Å². The smallest absolute Gasteiger partial charge is 0.323 e. The number of hydrogen-bond acceptors (Lipinski definition) is 9. The first-order chi connectivity index (χ1) is 22.1. The molecule has 1 unspecified atom stereocenters. The zero-order chi connectivity index (χ0) is 33.6. The summed E-state index contributed by atoms with van der Waals surface area (Å²) in [7, 11) is 0. The van der Waals surface area contributed by atoms with Crippen molar-refractivity contribution in [1.29, 1.82) is 0 Å². The van der Waals surface area contributed by atoms with E-state index in [-0.39, 0.29) is 18.2 Å². The van der Waals surface area contributed by atoms with Gasteiger partial charge in [0.1, 0.15) is 17.9 Å². The minimum atomic E-state index is -2.25. The number of ether oxygens (including phenoxy) is 3. The fourth-order valence-electron chi connectivity index (χ4n) is 5.44. The Morgan fingerprint density at radius 3 is 2.09 bits per heavy atom. The third-order valence-electron chi connectivity index (χ3n) is 8.04. The number of rotatable bonds is 28. The number of aromatic nitrogens is 4. The molecule has 2 rings (SSSR count). The van der Waals surface area contributed by atoms with Gasteiger partial charge >= 0.3 is 5.97 Å². The number of hydrogen-bond donors (Lipinski definition) is 2. The fraction of sp³-hybridized carbons (Fsp3) is 0.824. The van der Waals surface area contributed by atoms with Gasteiger partial charge in [-0.15, -0.1) is 0 Å². The third kappa shape index (κ3) is 17.0. The molecular weight excluding hydrogens is 619 g/mol. The Bertz CT molecular complexity index is 1150. The van der Waals surface area contributed by atoms with Crippen molar-refractivity contribution in [3.05, 3.63) is 12.7 Å². The highest BCUT2D eigenvalue weighted by Crippen LogP contribution is 2.43. The lowest BCUT2D eigenvalue weighted by Crippen LogP contribution is -2.36. The second kappa shape index (κ2) is 23.6. The fourth-order valence-corrected chi connectivity index (χ4v) is 8.76. The van der Waals surface area contributed by atoms with Crippen molar-refractivity contribution < 1.29 is 19.0 Å². The molecule has 3 N–H and O–H groups in total. The van der Waals surface area contributed by atoms with Crippen molar-refractivity contribution in [2.75, 3.05) is 31.5 Å². The summed E-state index contributed by atoms with van der Waals surface area (Å²) in [6, 6.07) is -0.513. The number of carbonyl (C=O) groups is 1. The summed E-state index contributed by atoms with van der Waals surface area (Å²) in [6.07, 6.45) is 21.3. The van der Waals surface area contributed by atoms with Gasteiger partial charge in [-0.2, -0.15) is 0 Å². The van der Waals surface area contributed by atoms with Gasteiger partial charge in [0.2, 0.25) is 0 Å². The molecule has 0 aliphatic heterocycles. The lowest BCUT2D eigenvalue weighted by atomic mass is 10.0. The summed E-state index contributed by atoms with van der Waals surface area (Å²) >= 11 is 6.14. The van der Waals surface area contributed by atoms with Crippen LogP contribution in [0.4, 0.5) is 5.82 Å². The molecule has 2 aromatic heterocycles. The first-order valence-corrected chi connectivity index (χ1v) is 21.0. The molecule has 0 fully saturated rings.